The first-order chi connectivity index (χ1) is 25.8. The first-order valence-corrected chi connectivity index (χ1v) is 21.5. The molecule has 0 aromatic heterocycles. The van der Waals surface area contributed by atoms with Gasteiger partial charge in [0.1, 0.15) is 0 Å². The molecule has 0 bridgehead atoms. The predicted octanol–water partition coefficient (Wildman–Crippen LogP) is 9.51. The SMILES string of the molecule is Cc1ccc(N(CC2CCO2)c2ccc(F)[c]([Ti]([C]3=CC=CC3)([C]3=CC=CC3)[c]3c(F)ccc(N(CC4CCO4)c4ccc(C)cc4)c3F)c2F)cc1. The molecule has 2 heterocycles. The number of ether oxygens (including phenoxy) is 2. The monoisotopic (exact) mass is 754 g/mol. The van der Waals surface area contributed by atoms with Crippen molar-refractivity contribution in [2.75, 3.05) is 36.1 Å². The van der Waals surface area contributed by atoms with E-state index in [1.807, 2.05) is 109 Å². The Morgan fingerprint density at radius 3 is 1.30 bits per heavy atom. The zero-order chi connectivity index (χ0) is 36.7. The van der Waals surface area contributed by atoms with Gasteiger partial charge in [-0.3, -0.25) is 0 Å². The fourth-order valence-electron chi connectivity index (χ4n) is 8.01. The normalized spacial score (nSPS) is 19.1. The van der Waals surface area contributed by atoms with E-state index < -0.39 is 39.9 Å². The molecule has 9 heteroatoms. The Labute approximate surface area is 312 Å². The molecule has 4 aromatic rings. The minimum absolute atomic E-state index is 0.141. The number of hydrogen-bond acceptors (Lipinski definition) is 4. The van der Waals surface area contributed by atoms with Crippen molar-refractivity contribution in [1.82, 2.24) is 0 Å². The van der Waals surface area contributed by atoms with Gasteiger partial charge in [0.2, 0.25) is 0 Å². The van der Waals surface area contributed by atoms with Gasteiger partial charge in [0.15, 0.2) is 0 Å². The molecule has 2 aliphatic carbocycles. The topological polar surface area (TPSA) is 24.9 Å². The molecule has 2 fully saturated rings. The van der Waals surface area contributed by atoms with Gasteiger partial charge < -0.3 is 0 Å². The van der Waals surface area contributed by atoms with Crippen LogP contribution in [0.3, 0.4) is 0 Å². The molecule has 2 aliphatic heterocycles. The van der Waals surface area contributed by atoms with Gasteiger partial charge >= 0.3 is 313 Å². The molecular weight excluding hydrogens is 712 g/mol. The van der Waals surface area contributed by atoms with Gasteiger partial charge in [0, 0.05) is 0 Å². The van der Waals surface area contributed by atoms with Crippen LogP contribution in [0.15, 0.2) is 117 Å². The number of rotatable bonds is 12. The summed E-state index contributed by atoms with van der Waals surface area (Å²) in [6, 6.07) is 20.9. The second-order valence-corrected chi connectivity index (χ2v) is 20.3. The van der Waals surface area contributed by atoms with Crippen LogP contribution in [0.2, 0.25) is 0 Å². The number of nitrogens with zero attached hydrogens (tertiary/aromatic N) is 2. The van der Waals surface area contributed by atoms with Crippen LogP contribution >= 0.6 is 0 Å². The molecule has 0 N–H and O–H groups in total. The fraction of sp³-hybridized carbons (Fsp3) is 0.273. The molecule has 4 nitrogen and oxygen atoms in total. The van der Waals surface area contributed by atoms with Gasteiger partial charge in [-0.1, -0.05) is 0 Å². The summed E-state index contributed by atoms with van der Waals surface area (Å²) in [6.07, 6.45) is 13.1. The van der Waals surface area contributed by atoms with Crippen LogP contribution < -0.4 is 17.5 Å². The Morgan fingerprint density at radius 2 is 0.981 bits per heavy atom. The molecule has 0 spiro atoms. The first-order valence-electron chi connectivity index (χ1n) is 18.4. The predicted molar refractivity (Wildman–Crippen MR) is 201 cm³/mol. The Kier molecular flexibility index (Phi) is 10.1. The summed E-state index contributed by atoms with van der Waals surface area (Å²) in [5.41, 5.74) is 3.81. The average molecular weight is 755 g/mol. The van der Waals surface area contributed by atoms with Gasteiger partial charge in [0.05, 0.1) is 0 Å². The van der Waals surface area contributed by atoms with Crippen LogP contribution in [0, 0.1) is 37.1 Å². The van der Waals surface area contributed by atoms with Crippen molar-refractivity contribution in [1.29, 1.82) is 0 Å². The molecule has 2 unspecified atom stereocenters. The van der Waals surface area contributed by atoms with Crippen LogP contribution in [0.1, 0.15) is 36.8 Å². The second kappa shape index (κ2) is 14.9. The third-order valence-electron chi connectivity index (χ3n) is 11.0. The molecule has 8 rings (SSSR count). The van der Waals surface area contributed by atoms with Crippen molar-refractivity contribution in [2.24, 2.45) is 0 Å². The zero-order valence-corrected chi connectivity index (χ0v) is 31.5. The maximum absolute atomic E-state index is 18.0. The van der Waals surface area contributed by atoms with Crippen molar-refractivity contribution >= 4 is 30.5 Å². The van der Waals surface area contributed by atoms with Gasteiger partial charge in [-0.15, -0.1) is 0 Å². The molecule has 0 saturated carbocycles. The van der Waals surface area contributed by atoms with E-state index in [-0.39, 0.29) is 31.3 Å². The quantitative estimate of drug-likeness (QED) is 0.106. The maximum atomic E-state index is 18.0. The third-order valence-corrected chi connectivity index (χ3v) is 19.0. The average Bonchev–Trinajstić information content (AvgIpc) is 3.85. The fourth-order valence-corrected chi connectivity index (χ4v) is 16.3. The van der Waals surface area contributed by atoms with E-state index in [9.17, 15) is 0 Å². The summed E-state index contributed by atoms with van der Waals surface area (Å²) in [7, 11) is 0. The van der Waals surface area contributed by atoms with Crippen LogP contribution in [0.25, 0.3) is 0 Å². The third kappa shape index (κ3) is 6.54. The number of allylic oxidation sites excluding steroid dienone is 8. The van der Waals surface area contributed by atoms with Crippen molar-refractivity contribution in [2.45, 2.75) is 51.7 Å². The molecule has 2 saturated heterocycles. The zero-order valence-electron chi connectivity index (χ0n) is 29.9. The summed E-state index contributed by atoms with van der Waals surface area (Å²) >= 11 is -5.14. The summed E-state index contributed by atoms with van der Waals surface area (Å²) in [5, 5.41) is 0. The molecule has 4 aliphatic rings. The minimum atomic E-state index is -5.14. The van der Waals surface area contributed by atoms with E-state index >= 15 is 17.6 Å². The van der Waals surface area contributed by atoms with Gasteiger partial charge in [-0.2, -0.15) is 0 Å². The molecule has 2 atom stereocenters. The number of benzene rings is 4. The van der Waals surface area contributed by atoms with Crippen molar-refractivity contribution in [3.63, 3.8) is 0 Å². The molecule has 272 valence electrons. The molecule has 53 heavy (non-hydrogen) atoms. The Balaban J connectivity index is 1.38. The van der Waals surface area contributed by atoms with Crippen LogP contribution in [-0.2, 0) is 26.1 Å². The van der Waals surface area contributed by atoms with E-state index in [2.05, 4.69) is 0 Å². The number of anilines is 4. The van der Waals surface area contributed by atoms with Crippen molar-refractivity contribution in [3.8, 4) is 0 Å². The molecule has 0 amide bonds. The molecular formula is C44H42F4N2O2Ti. The van der Waals surface area contributed by atoms with Crippen molar-refractivity contribution < 1.29 is 43.6 Å². The van der Waals surface area contributed by atoms with Crippen LogP contribution in [-0.4, -0.2) is 38.5 Å². The Hall–Kier alpha value is -4.21. The van der Waals surface area contributed by atoms with Crippen LogP contribution in [0.4, 0.5) is 40.3 Å². The number of halogens is 4. The molecule has 0 radical (unpaired) electrons. The summed E-state index contributed by atoms with van der Waals surface area (Å²) in [5.74, 6) is -3.21. The summed E-state index contributed by atoms with van der Waals surface area (Å²) in [6.45, 7) is 5.87. The van der Waals surface area contributed by atoms with E-state index in [1.54, 1.807) is 0 Å². The van der Waals surface area contributed by atoms with Gasteiger partial charge in [-0.05, 0) is 0 Å². The van der Waals surface area contributed by atoms with E-state index in [0.717, 1.165) is 35.3 Å². The Bertz CT molecular complexity index is 1980. The Morgan fingerprint density at radius 1 is 0.585 bits per heavy atom. The molecule has 4 aromatic carbocycles. The van der Waals surface area contributed by atoms with Gasteiger partial charge in [0.25, 0.3) is 0 Å². The summed E-state index contributed by atoms with van der Waals surface area (Å²) < 4.78 is 82.6. The van der Waals surface area contributed by atoms with E-state index in [1.165, 1.54) is 24.3 Å². The first kappa shape index (κ1) is 35.8. The van der Waals surface area contributed by atoms with Crippen molar-refractivity contribution in [3.05, 3.63) is 151 Å². The number of hydrogen-bond donors (Lipinski definition) is 0. The second-order valence-electron chi connectivity index (χ2n) is 14.4. The van der Waals surface area contributed by atoms with Crippen LogP contribution in [0.5, 0.6) is 0 Å². The van der Waals surface area contributed by atoms with E-state index in [0.29, 0.717) is 46.9 Å². The standard InChI is InChI=1S/2C17H16F2NO.2C5H5.Ti/c2*1-12-2-5-14(6-3-12)20(11-15-8-9-21-15)17-7-4-13(18)10-16(17)19;2*1-2-4-5-3-1;/h2*2-7,15H,8-9,11H2,1H3;2*1-3H,4H2;. The summed E-state index contributed by atoms with van der Waals surface area (Å²) in [4.78, 5) is 3.63. The van der Waals surface area contributed by atoms with Gasteiger partial charge in [-0.25, -0.2) is 0 Å². The number of aryl methyl sites for hydroxylation is 2. The van der Waals surface area contributed by atoms with E-state index in [4.69, 9.17) is 9.47 Å².